The number of nitrogens with zero attached hydrogens (tertiary/aromatic N) is 1. The normalized spacial score (nSPS) is 10.7. The summed E-state index contributed by atoms with van der Waals surface area (Å²) in [5.41, 5.74) is 1.92. The summed E-state index contributed by atoms with van der Waals surface area (Å²) in [4.78, 5) is 0. The van der Waals surface area contributed by atoms with Gasteiger partial charge in [-0.15, -0.1) is 0 Å². The Morgan fingerprint density at radius 1 is 1.55 bits per heavy atom. The summed E-state index contributed by atoms with van der Waals surface area (Å²) in [7, 11) is 3.56. The zero-order valence-corrected chi connectivity index (χ0v) is 6.50. The van der Waals surface area contributed by atoms with Gasteiger partial charge >= 0.3 is 0 Å². The summed E-state index contributed by atoms with van der Waals surface area (Å²) in [6.45, 7) is 0. The van der Waals surface area contributed by atoms with Gasteiger partial charge in [-0.25, -0.2) is 0 Å². The van der Waals surface area contributed by atoms with Gasteiger partial charge in [-0.05, 0) is 6.07 Å². The van der Waals surface area contributed by atoms with Crippen LogP contribution < -0.4 is 4.74 Å². The fourth-order valence-corrected chi connectivity index (χ4v) is 1.13. The molecule has 0 saturated carbocycles. The largest absolute Gasteiger partial charge is 0.468 e. The molecule has 2 aromatic heterocycles. The average molecular weight is 151 g/mol. The second-order valence-electron chi connectivity index (χ2n) is 2.45. The maximum Gasteiger partial charge on any atom is 0.286 e. The molecule has 0 aromatic carbocycles. The lowest BCUT2D eigenvalue weighted by molar-refractivity contribution is 0.316. The minimum atomic E-state index is 0.561. The molecule has 0 atom stereocenters. The Kier molecular flexibility index (Phi) is 1.18. The van der Waals surface area contributed by atoms with Crippen molar-refractivity contribution in [3.05, 3.63) is 18.3 Å². The Labute approximate surface area is 64.2 Å². The number of ether oxygens (including phenoxy) is 1. The molecule has 0 N–H and O–H groups in total. The van der Waals surface area contributed by atoms with Crippen molar-refractivity contribution in [1.82, 2.24) is 4.57 Å². The molecular formula is C8H9NO2. The number of rotatable bonds is 1. The second kappa shape index (κ2) is 2.05. The van der Waals surface area contributed by atoms with Gasteiger partial charge in [-0.2, -0.15) is 0 Å². The zero-order chi connectivity index (χ0) is 7.84. The SMILES string of the molecule is COc1cc2c(ccn2C)o1. The first kappa shape index (κ1) is 6.34. The molecule has 2 heterocycles. The van der Waals surface area contributed by atoms with Crippen LogP contribution in [-0.4, -0.2) is 11.7 Å². The van der Waals surface area contributed by atoms with Gasteiger partial charge in [0.05, 0.1) is 12.6 Å². The Hall–Kier alpha value is -1.38. The van der Waals surface area contributed by atoms with E-state index in [-0.39, 0.29) is 0 Å². The van der Waals surface area contributed by atoms with Crippen LogP contribution in [0.3, 0.4) is 0 Å². The highest BCUT2D eigenvalue weighted by atomic mass is 16.6. The summed E-state index contributed by atoms with van der Waals surface area (Å²) >= 11 is 0. The van der Waals surface area contributed by atoms with Crippen LogP contribution in [0.4, 0.5) is 0 Å². The first-order valence-corrected chi connectivity index (χ1v) is 3.40. The highest BCUT2D eigenvalue weighted by Gasteiger charge is 2.04. The van der Waals surface area contributed by atoms with E-state index in [9.17, 15) is 0 Å². The van der Waals surface area contributed by atoms with Gasteiger partial charge < -0.3 is 13.7 Å². The van der Waals surface area contributed by atoms with Crippen LogP contribution in [0.1, 0.15) is 0 Å². The van der Waals surface area contributed by atoms with Gasteiger partial charge in [0.2, 0.25) is 0 Å². The topological polar surface area (TPSA) is 27.3 Å². The van der Waals surface area contributed by atoms with E-state index in [1.54, 1.807) is 7.11 Å². The van der Waals surface area contributed by atoms with Crippen molar-refractivity contribution in [3.63, 3.8) is 0 Å². The predicted molar refractivity (Wildman–Crippen MR) is 41.7 cm³/mol. The van der Waals surface area contributed by atoms with Gasteiger partial charge in [-0.3, -0.25) is 0 Å². The van der Waals surface area contributed by atoms with E-state index in [0.717, 1.165) is 11.1 Å². The molecule has 0 bridgehead atoms. The Balaban J connectivity index is 2.70. The summed E-state index contributed by atoms with van der Waals surface area (Å²) < 4.78 is 12.2. The third kappa shape index (κ3) is 0.808. The third-order valence-electron chi connectivity index (χ3n) is 1.75. The van der Waals surface area contributed by atoms with Crippen LogP contribution in [0.5, 0.6) is 5.95 Å². The standard InChI is InChI=1S/C8H9NO2/c1-9-4-3-7-6(9)5-8(10-2)11-7/h3-5H,1-2H3. The van der Waals surface area contributed by atoms with E-state index >= 15 is 0 Å². The molecule has 0 amide bonds. The summed E-state index contributed by atoms with van der Waals surface area (Å²) in [5, 5.41) is 0. The summed E-state index contributed by atoms with van der Waals surface area (Å²) in [6, 6.07) is 3.78. The molecule has 3 nitrogen and oxygen atoms in total. The highest BCUT2D eigenvalue weighted by molar-refractivity contribution is 5.75. The molecule has 0 spiro atoms. The lowest BCUT2D eigenvalue weighted by Crippen LogP contribution is -1.81. The van der Waals surface area contributed by atoms with Gasteiger partial charge in [0, 0.05) is 19.3 Å². The molecule has 58 valence electrons. The van der Waals surface area contributed by atoms with Crippen LogP contribution >= 0.6 is 0 Å². The monoisotopic (exact) mass is 151 g/mol. The van der Waals surface area contributed by atoms with Gasteiger partial charge in [0.25, 0.3) is 5.95 Å². The molecule has 0 saturated heterocycles. The van der Waals surface area contributed by atoms with Gasteiger partial charge in [-0.1, -0.05) is 0 Å². The first-order valence-electron chi connectivity index (χ1n) is 3.40. The molecule has 3 heteroatoms. The molecule has 0 radical (unpaired) electrons. The number of fused-ring (bicyclic) bond motifs is 1. The van der Waals surface area contributed by atoms with Crippen LogP contribution in [-0.2, 0) is 7.05 Å². The Morgan fingerprint density at radius 2 is 2.36 bits per heavy atom. The molecule has 0 aliphatic heterocycles. The summed E-state index contributed by atoms with van der Waals surface area (Å²) in [6.07, 6.45) is 1.95. The molecular weight excluding hydrogens is 142 g/mol. The predicted octanol–water partition coefficient (Wildman–Crippen LogP) is 1.78. The summed E-state index contributed by atoms with van der Waals surface area (Å²) in [5.74, 6) is 0.561. The van der Waals surface area contributed by atoms with Crippen molar-refractivity contribution in [1.29, 1.82) is 0 Å². The molecule has 0 aliphatic carbocycles. The minimum Gasteiger partial charge on any atom is -0.468 e. The van der Waals surface area contributed by atoms with Gasteiger partial charge in [0.1, 0.15) is 0 Å². The average Bonchev–Trinajstić information content (AvgIpc) is 2.53. The molecule has 11 heavy (non-hydrogen) atoms. The third-order valence-corrected chi connectivity index (χ3v) is 1.75. The van der Waals surface area contributed by atoms with E-state index in [2.05, 4.69) is 0 Å². The van der Waals surface area contributed by atoms with E-state index < -0.39 is 0 Å². The maximum absolute atomic E-state index is 5.29. The molecule has 2 rings (SSSR count). The lowest BCUT2D eigenvalue weighted by Gasteiger charge is -1.88. The van der Waals surface area contributed by atoms with Crippen LogP contribution in [0.2, 0.25) is 0 Å². The van der Waals surface area contributed by atoms with Crippen molar-refractivity contribution in [2.75, 3.05) is 7.11 Å². The van der Waals surface area contributed by atoms with Crippen LogP contribution in [0, 0.1) is 0 Å². The molecule has 0 fully saturated rings. The van der Waals surface area contributed by atoms with Crippen LogP contribution in [0.15, 0.2) is 22.7 Å². The number of methoxy groups -OCH3 is 1. The smallest absolute Gasteiger partial charge is 0.286 e. The van der Waals surface area contributed by atoms with E-state index in [1.807, 2.05) is 29.9 Å². The Bertz CT molecular complexity index is 372. The minimum absolute atomic E-state index is 0.561. The van der Waals surface area contributed by atoms with Crippen LogP contribution in [0.25, 0.3) is 11.1 Å². The van der Waals surface area contributed by atoms with Gasteiger partial charge in [0.15, 0.2) is 5.58 Å². The Morgan fingerprint density at radius 3 is 3.00 bits per heavy atom. The number of hydrogen-bond donors (Lipinski definition) is 0. The van der Waals surface area contributed by atoms with Crippen molar-refractivity contribution in [2.24, 2.45) is 7.05 Å². The number of furan rings is 1. The molecule has 0 aliphatic rings. The number of aromatic nitrogens is 1. The first-order chi connectivity index (χ1) is 5.31. The fraction of sp³-hybridized carbons (Fsp3) is 0.250. The molecule has 2 aromatic rings. The van der Waals surface area contributed by atoms with E-state index in [0.29, 0.717) is 5.95 Å². The highest BCUT2D eigenvalue weighted by Crippen LogP contribution is 2.24. The van der Waals surface area contributed by atoms with E-state index in [4.69, 9.17) is 9.15 Å². The lowest BCUT2D eigenvalue weighted by atomic mass is 10.5. The second-order valence-corrected chi connectivity index (χ2v) is 2.45. The zero-order valence-electron chi connectivity index (χ0n) is 6.50. The fourth-order valence-electron chi connectivity index (χ4n) is 1.13. The van der Waals surface area contributed by atoms with Crippen molar-refractivity contribution >= 4 is 11.1 Å². The quantitative estimate of drug-likeness (QED) is 0.621. The maximum atomic E-state index is 5.29. The number of aryl methyl sites for hydroxylation is 1. The molecule has 0 unspecified atom stereocenters. The van der Waals surface area contributed by atoms with Crippen molar-refractivity contribution in [3.8, 4) is 5.95 Å². The van der Waals surface area contributed by atoms with Crippen molar-refractivity contribution in [2.45, 2.75) is 0 Å². The van der Waals surface area contributed by atoms with Crippen molar-refractivity contribution < 1.29 is 9.15 Å². The number of hydrogen-bond acceptors (Lipinski definition) is 2. The van der Waals surface area contributed by atoms with E-state index in [1.165, 1.54) is 0 Å².